The Hall–Kier alpha value is -0.680. The van der Waals surface area contributed by atoms with Gasteiger partial charge in [-0.25, -0.2) is 9.97 Å². The molecular weight excluding hydrogens is 294 g/mol. The number of nitrogens with one attached hydrogen (secondary N) is 1. The summed E-state index contributed by atoms with van der Waals surface area (Å²) in [5.74, 6) is 1.62. The fraction of sp³-hybridized carbons (Fsp3) is 0.692. The van der Waals surface area contributed by atoms with Crippen molar-refractivity contribution in [1.82, 2.24) is 9.97 Å². The van der Waals surface area contributed by atoms with Gasteiger partial charge in [0, 0.05) is 25.1 Å². The van der Waals surface area contributed by atoms with Crippen LogP contribution < -0.4 is 5.32 Å². The highest BCUT2D eigenvalue weighted by Gasteiger charge is 2.24. The second-order valence-electron chi connectivity index (χ2n) is 5.42. The van der Waals surface area contributed by atoms with Gasteiger partial charge < -0.3 is 10.4 Å². The molecule has 0 aromatic carbocycles. The van der Waals surface area contributed by atoms with E-state index in [4.69, 9.17) is 5.11 Å². The Morgan fingerprint density at radius 1 is 1.39 bits per heavy atom. The molecule has 1 rings (SSSR count). The summed E-state index contributed by atoms with van der Waals surface area (Å²) in [6.07, 6.45) is 1.50. The van der Waals surface area contributed by atoms with Crippen molar-refractivity contribution >= 4 is 21.7 Å². The Bertz CT molecular complexity index is 390. The van der Waals surface area contributed by atoms with E-state index in [0.29, 0.717) is 6.42 Å². The van der Waals surface area contributed by atoms with Gasteiger partial charge in [-0.1, -0.05) is 27.7 Å². The standard InChI is InChI=1S/C13H22BrN3O/c1-5-11-16-10(14)8-12(17-11)15-9(6-7-18)13(2,3)4/h8-9,18H,5-7H2,1-4H3,(H,15,16,17). The zero-order chi connectivity index (χ0) is 13.8. The smallest absolute Gasteiger partial charge is 0.131 e. The number of anilines is 1. The quantitative estimate of drug-likeness (QED) is 0.820. The molecular formula is C13H22BrN3O. The van der Waals surface area contributed by atoms with Crippen LogP contribution in [0.5, 0.6) is 0 Å². The Labute approximate surface area is 117 Å². The zero-order valence-corrected chi connectivity index (χ0v) is 13.1. The molecule has 0 bridgehead atoms. The van der Waals surface area contributed by atoms with Gasteiger partial charge in [0.25, 0.3) is 0 Å². The number of aliphatic hydroxyl groups is 1. The van der Waals surface area contributed by atoms with Gasteiger partial charge in [0.1, 0.15) is 16.2 Å². The summed E-state index contributed by atoms with van der Waals surface area (Å²) in [7, 11) is 0. The second kappa shape index (κ2) is 6.48. The SMILES string of the molecule is CCc1nc(Br)cc(NC(CCO)C(C)(C)C)n1. The van der Waals surface area contributed by atoms with Crippen LogP contribution in [-0.4, -0.2) is 27.7 Å². The summed E-state index contributed by atoms with van der Waals surface area (Å²) in [5, 5.41) is 12.5. The average Bonchev–Trinajstić information content (AvgIpc) is 2.26. The van der Waals surface area contributed by atoms with Crippen molar-refractivity contribution in [3.8, 4) is 0 Å². The monoisotopic (exact) mass is 315 g/mol. The Morgan fingerprint density at radius 3 is 2.56 bits per heavy atom. The number of aryl methyl sites for hydroxylation is 1. The van der Waals surface area contributed by atoms with Crippen LogP contribution in [0, 0.1) is 5.41 Å². The number of hydrogen-bond donors (Lipinski definition) is 2. The molecule has 0 aliphatic heterocycles. The van der Waals surface area contributed by atoms with E-state index < -0.39 is 0 Å². The van der Waals surface area contributed by atoms with Crippen LogP contribution in [0.1, 0.15) is 39.9 Å². The van der Waals surface area contributed by atoms with E-state index in [2.05, 4.69) is 52.0 Å². The molecule has 1 aromatic rings. The van der Waals surface area contributed by atoms with Gasteiger partial charge in [-0.15, -0.1) is 0 Å². The molecule has 1 heterocycles. The third-order valence-corrected chi connectivity index (χ3v) is 3.25. The highest BCUT2D eigenvalue weighted by atomic mass is 79.9. The first kappa shape index (κ1) is 15.4. The Morgan fingerprint density at radius 2 is 2.06 bits per heavy atom. The van der Waals surface area contributed by atoms with E-state index in [9.17, 15) is 0 Å². The molecule has 0 saturated heterocycles. The average molecular weight is 316 g/mol. The van der Waals surface area contributed by atoms with Crippen LogP contribution in [0.15, 0.2) is 10.7 Å². The van der Waals surface area contributed by atoms with Crippen molar-refractivity contribution in [2.75, 3.05) is 11.9 Å². The van der Waals surface area contributed by atoms with Crippen LogP contribution in [0.2, 0.25) is 0 Å². The summed E-state index contributed by atoms with van der Waals surface area (Å²) in [6, 6.07) is 2.05. The molecule has 0 saturated carbocycles. The van der Waals surface area contributed by atoms with Crippen molar-refractivity contribution in [1.29, 1.82) is 0 Å². The van der Waals surface area contributed by atoms with E-state index in [1.807, 2.05) is 13.0 Å². The van der Waals surface area contributed by atoms with Crippen molar-refractivity contribution in [3.05, 3.63) is 16.5 Å². The molecule has 0 radical (unpaired) electrons. The van der Waals surface area contributed by atoms with Crippen LogP contribution >= 0.6 is 15.9 Å². The molecule has 1 aromatic heterocycles. The van der Waals surface area contributed by atoms with Gasteiger partial charge in [-0.3, -0.25) is 0 Å². The predicted molar refractivity (Wildman–Crippen MR) is 77.7 cm³/mol. The third-order valence-electron chi connectivity index (χ3n) is 2.84. The molecule has 5 heteroatoms. The molecule has 2 N–H and O–H groups in total. The number of halogens is 1. The Kier molecular flexibility index (Phi) is 5.53. The maximum Gasteiger partial charge on any atom is 0.131 e. The number of hydrogen-bond acceptors (Lipinski definition) is 4. The lowest BCUT2D eigenvalue weighted by Crippen LogP contribution is -2.35. The molecule has 18 heavy (non-hydrogen) atoms. The van der Waals surface area contributed by atoms with E-state index in [0.717, 1.165) is 22.7 Å². The molecule has 102 valence electrons. The third kappa shape index (κ3) is 4.53. The number of aromatic nitrogens is 2. The fourth-order valence-electron chi connectivity index (χ4n) is 1.73. The highest BCUT2D eigenvalue weighted by Crippen LogP contribution is 2.25. The fourth-order valence-corrected chi connectivity index (χ4v) is 2.15. The number of aliphatic hydroxyl groups excluding tert-OH is 1. The van der Waals surface area contributed by atoms with E-state index in [1.165, 1.54) is 0 Å². The van der Waals surface area contributed by atoms with Crippen LogP contribution in [-0.2, 0) is 6.42 Å². The van der Waals surface area contributed by atoms with Crippen LogP contribution in [0.3, 0.4) is 0 Å². The zero-order valence-electron chi connectivity index (χ0n) is 11.5. The van der Waals surface area contributed by atoms with Gasteiger partial charge in [-0.2, -0.15) is 0 Å². The first-order chi connectivity index (χ1) is 8.36. The first-order valence-electron chi connectivity index (χ1n) is 6.27. The molecule has 4 nitrogen and oxygen atoms in total. The minimum absolute atomic E-state index is 0.0620. The topological polar surface area (TPSA) is 58.0 Å². The summed E-state index contributed by atoms with van der Waals surface area (Å²) >= 11 is 3.39. The molecule has 0 amide bonds. The van der Waals surface area contributed by atoms with Gasteiger partial charge in [0.05, 0.1) is 0 Å². The molecule has 1 unspecified atom stereocenters. The molecule has 0 aliphatic rings. The molecule has 0 aliphatic carbocycles. The van der Waals surface area contributed by atoms with Crippen molar-refractivity contribution in [2.24, 2.45) is 5.41 Å². The minimum atomic E-state index is 0.0620. The first-order valence-corrected chi connectivity index (χ1v) is 7.07. The summed E-state index contributed by atoms with van der Waals surface area (Å²) in [6.45, 7) is 8.65. The highest BCUT2D eigenvalue weighted by molar-refractivity contribution is 9.10. The molecule has 0 spiro atoms. The van der Waals surface area contributed by atoms with Crippen molar-refractivity contribution in [3.63, 3.8) is 0 Å². The normalized spacial score (nSPS) is 13.4. The van der Waals surface area contributed by atoms with E-state index in [-0.39, 0.29) is 18.1 Å². The van der Waals surface area contributed by atoms with Crippen molar-refractivity contribution < 1.29 is 5.11 Å². The lowest BCUT2D eigenvalue weighted by Gasteiger charge is -2.31. The lowest BCUT2D eigenvalue weighted by molar-refractivity contribution is 0.235. The molecule has 1 atom stereocenters. The van der Waals surface area contributed by atoms with Gasteiger partial charge in [-0.05, 0) is 27.8 Å². The van der Waals surface area contributed by atoms with Gasteiger partial charge >= 0.3 is 0 Å². The van der Waals surface area contributed by atoms with Crippen LogP contribution in [0.25, 0.3) is 0 Å². The van der Waals surface area contributed by atoms with E-state index >= 15 is 0 Å². The maximum absolute atomic E-state index is 9.15. The second-order valence-corrected chi connectivity index (χ2v) is 6.23. The number of rotatable bonds is 5. The lowest BCUT2D eigenvalue weighted by atomic mass is 9.85. The van der Waals surface area contributed by atoms with Gasteiger partial charge in [0.2, 0.25) is 0 Å². The Balaban J connectivity index is 2.90. The predicted octanol–water partition coefficient (Wildman–Crippen LogP) is 3.01. The summed E-state index contributed by atoms with van der Waals surface area (Å²) in [4.78, 5) is 8.74. The summed E-state index contributed by atoms with van der Waals surface area (Å²) < 4.78 is 0.786. The van der Waals surface area contributed by atoms with E-state index in [1.54, 1.807) is 0 Å². The molecule has 0 fully saturated rings. The van der Waals surface area contributed by atoms with Gasteiger partial charge in [0.15, 0.2) is 0 Å². The maximum atomic E-state index is 9.15. The van der Waals surface area contributed by atoms with Crippen LogP contribution in [0.4, 0.5) is 5.82 Å². The minimum Gasteiger partial charge on any atom is -0.396 e. The largest absolute Gasteiger partial charge is 0.396 e. The summed E-state index contributed by atoms with van der Waals surface area (Å²) in [5.41, 5.74) is 0.0620. The van der Waals surface area contributed by atoms with Crippen molar-refractivity contribution in [2.45, 2.75) is 46.6 Å². The number of nitrogens with zero attached hydrogens (tertiary/aromatic N) is 2.